The first-order chi connectivity index (χ1) is 15.6. The standard InChI is InChI=1S/C24H17FN4O3/c25-17-5-1-15(2-6-17)23-26-12-11-22(29-23)27-18-7-3-16(4-8-18)24(30)28-19-9-10-20-21(13-19)32-14-31-20/h1-13H,14H2,(H,28,30)(H,26,27,29). The second kappa shape index (κ2) is 8.35. The molecule has 4 aromatic rings. The number of hydrogen-bond acceptors (Lipinski definition) is 6. The highest BCUT2D eigenvalue weighted by Gasteiger charge is 2.14. The van der Waals surface area contributed by atoms with Gasteiger partial charge in [-0.15, -0.1) is 0 Å². The van der Waals surface area contributed by atoms with Gasteiger partial charge in [0.05, 0.1) is 0 Å². The topological polar surface area (TPSA) is 85.4 Å². The van der Waals surface area contributed by atoms with Gasteiger partial charge < -0.3 is 20.1 Å². The highest BCUT2D eigenvalue weighted by Crippen LogP contribution is 2.34. The SMILES string of the molecule is O=C(Nc1ccc2c(c1)OCO2)c1ccc(Nc2ccnc(-c3ccc(F)cc3)n2)cc1. The summed E-state index contributed by atoms with van der Waals surface area (Å²) >= 11 is 0. The lowest BCUT2D eigenvalue weighted by atomic mass is 10.2. The van der Waals surface area contributed by atoms with Crippen molar-refractivity contribution in [3.63, 3.8) is 0 Å². The van der Waals surface area contributed by atoms with Gasteiger partial charge in [-0.3, -0.25) is 4.79 Å². The fraction of sp³-hybridized carbons (Fsp3) is 0.0417. The third kappa shape index (κ3) is 4.20. The number of aromatic nitrogens is 2. The Hall–Kier alpha value is -4.46. The number of halogens is 1. The van der Waals surface area contributed by atoms with Crippen molar-refractivity contribution in [3.05, 3.63) is 90.4 Å². The minimum Gasteiger partial charge on any atom is -0.454 e. The maximum Gasteiger partial charge on any atom is 0.255 e. The Bertz CT molecular complexity index is 1280. The molecule has 1 amide bonds. The summed E-state index contributed by atoms with van der Waals surface area (Å²) in [6, 6.07) is 20.0. The molecule has 0 atom stereocenters. The molecular formula is C24H17FN4O3. The smallest absolute Gasteiger partial charge is 0.255 e. The second-order valence-corrected chi connectivity index (χ2v) is 7.00. The summed E-state index contributed by atoms with van der Waals surface area (Å²) in [4.78, 5) is 21.3. The quantitative estimate of drug-likeness (QED) is 0.465. The lowest BCUT2D eigenvalue weighted by Crippen LogP contribution is -2.11. The van der Waals surface area contributed by atoms with Crippen molar-refractivity contribution < 1.29 is 18.7 Å². The third-order valence-electron chi connectivity index (χ3n) is 4.81. The van der Waals surface area contributed by atoms with Crippen LogP contribution in [0.15, 0.2) is 79.0 Å². The number of ether oxygens (including phenoxy) is 2. The van der Waals surface area contributed by atoms with Crippen LogP contribution in [-0.2, 0) is 0 Å². The average molecular weight is 428 g/mol. The van der Waals surface area contributed by atoms with E-state index in [0.717, 1.165) is 5.69 Å². The van der Waals surface area contributed by atoms with Gasteiger partial charge in [0, 0.05) is 34.8 Å². The lowest BCUT2D eigenvalue weighted by Gasteiger charge is -2.09. The van der Waals surface area contributed by atoms with E-state index in [1.807, 2.05) is 0 Å². The Labute approximate surface area is 182 Å². The van der Waals surface area contributed by atoms with Gasteiger partial charge in [0.2, 0.25) is 6.79 Å². The van der Waals surface area contributed by atoms with Crippen LogP contribution in [0.3, 0.4) is 0 Å². The second-order valence-electron chi connectivity index (χ2n) is 7.00. The first-order valence-electron chi connectivity index (χ1n) is 9.81. The maximum atomic E-state index is 13.1. The molecule has 0 fully saturated rings. The van der Waals surface area contributed by atoms with Crippen molar-refractivity contribution in [2.24, 2.45) is 0 Å². The van der Waals surface area contributed by atoms with E-state index >= 15 is 0 Å². The molecule has 0 unspecified atom stereocenters. The molecule has 1 aliphatic heterocycles. The number of carbonyl (C=O) groups excluding carboxylic acids is 1. The summed E-state index contributed by atoms with van der Waals surface area (Å²) in [5, 5.41) is 6.03. The number of amides is 1. The van der Waals surface area contributed by atoms with Crippen LogP contribution >= 0.6 is 0 Å². The monoisotopic (exact) mass is 428 g/mol. The zero-order valence-electron chi connectivity index (χ0n) is 16.7. The molecular weight excluding hydrogens is 411 g/mol. The highest BCUT2D eigenvalue weighted by atomic mass is 19.1. The Balaban J connectivity index is 1.26. The van der Waals surface area contributed by atoms with Crippen LogP contribution in [0.5, 0.6) is 11.5 Å². The number of carbonyl (C=O) groups is 1. The van der Waals surface area contributed by atoms with Gasteiger partial charge in [0.15, 0.2) is 17.3 Å². The van der Waals surface area contributed by atoms with Crippen molar-refractivity contribution >= 4 is 23.1 Å². The largest absolute Gasteiger partial charge is 0.454 e. The van der Waals surface area contributed by atoms with Crippen LogP contribution in [0.1, 0.15) is 10.4 Å². The fourth-order valence-corrected chi connectivity index (χ4v) is 3.20. The van der Waals surface area contributed by atoms with Crippen LogP contribution in [0, 0.1) is 5.82 Å². The predicted molar refractivity (Wildman–Crippen MR) is 118 cm³/mol. The number of hydrogen-bond donors (Lipinski definition) is 2. The van der Waals surface area contributed by atoms with Gasteiger partial charge in [0.1, 0.15) is 11.6 Å². The molecule has 2 N–H and O–H groups in total. The van der Waals surface area contributed by atoms with E-state index in [1.165, 1.54) is 12.1 Å². The van der Waals surface area contributed by atoms with E-state index in [2.05, 4.69) is 20.6 Å². The molecule has 1 aliphatic rings. The summed E-state index contributed by atoms with van der Waals surface area (Å²) in [5.74, 6) is 1.77. The van der Waals surface area contributed by atoms with Gasteiger partial charge >= 0.3 is 0 Å². The van der Waals surface area contributed by atoms with Crippen LogP contribution in [-0.4, -0.2) is 22.7 Å². The van der Waals surface area contributed by atoms with Crippen molar-refractivity contribution in [2.45, 2.75) is 0 Å². The molecule has 32 heavy (non-hydrogen) atoms. The zero-order valence-corrected chi connectivity index (χ0v) is 16.7. The van der Waals surface area contributed by atoms with E-state index in [0.29, 0.717) is 40.0 Å². The number of nitrogens with zero attached hydrogens (tertiary/aromatic N) is 2. The van der Waals surface area contributed by atoms with Gasteiger partial charge in [-0.2, -0.15) is 0 Å². The zero-order chi connectivity index (χ0) is 21.9. The van der Waals surface area contributed by atoms with Crippen molar-refractivity contribution in [3.8, 4) is 22.9 Å². The number of anilines is 3. The molecule has 2 heterocycles. The van der Waals surface area contributed by atoms with Gasteiger partial charge in [0.25, 0.3) is 5.91 Å². The molecule has 7 nitrogen and oxygen atoms in total. The molecule has 0 spiro atoms. The first-order valence-corrected chi connectivity index (χ1v) is 9.81. The Morgan fingerprint density at radius 1 is 0.875 bits per heavy atom. The molecule has 0 bridgehead atoms. The van der Waals surface area contributed by atoms with Crippen molar-refractivity contribution in [1.82, 2.24) is 9.97 Å². The van der Waals surface area contributed by atoms with E-state index in [9.17, 15) is 9.18 Å². The Kier molecular flexibility index (Phi) is 5.09. The van der Waals surface area contributed by atoms with Crippen LogP contribution in [0.25, 0.3) is 11.4 Å². The van der Waals surface area contributed by atoms with Crippen molar-refractivity contribution in [1.29, 1.82) is 0 Å². The lowest BCUT2D eigenvalue weighted by molar-refractivity contribution is 0.102. The molecule has 8 heteroatoms. The molecule has 5 rings (SSSR count). The summed E-state index contributed by atoms with van der Waals surface area (Å²) in [7, 11) is 0. The average Bonchev–Trinajstić information content (AvgIpc) is 3.28. The molecule has 1 aromatic heterocycles. The summed E-state index contributed by atoms with van der Waals surface area (Å²) in [5.41, 5.74) is 2.60. The highest BCUT2D eigenvalue weighted by molar-refractivity contribution is 6.04. The van der Waals surface area contributed by atoms with E-state index in [-0.39, 0.29) is 18.5 Å². The molecule has 0 saturated heterocycles. The summed E-state index contributed by atoms with van der Waals surface area (Å²) in [6.45, 7) is 0.179. The van der Waals surface area contributed by atoms with E-state index < -0.39 is 0 Å². The summed E-state index contributed by atoms with van der Waals surface area (Å²) in [6.07, 6.45) is 1.63. The Morgan fingerprint density at radius 3 is 2.44 bits per heavy atom. The molecule has 158 valence electrons. The van der Waals surface area contributed by atoms with Crippen LogP contribution in [0.2, 0.25) is 0 Å². The minimum atomic E-state index is -0.314. The first kappa shape index (κ1) is 19.5. The number of nitrogens with one attached hydrogen (secondary N) is 2. The van der Waals surface area contributed by atoms with E-state index in [1.54, 1.807) is 66.9 Å². The third-order valence-corrected chi connectivity index (χ3v) is 4.81. The van der Waals surface area contributed by atoms with Gasteiger partial charge in [-0.25, -0.2) is 14.4 Å². The molecule has 3 aromatic carbocycles. The number of fused-ring (bicyclic) bond motifs is 1. The van der Waals surface area contributed by atoms with Crippen molar-refractivity contribution in [2.75, 3.05) is 17.4 Å². The summed E-state index contributed by atoms with van der Waals surface area (Å²) < 4.78 is 23.7. The number of benzene rings is 3. The fourth-order valence-electron chi connectivity index (χ4n) is 3.20. The minimum absolute atomic E-state index is 0.179. The van der Waals surface area contributed by atoms with Crippen LogP contribution < -0.4 is 20.1 Å². The Morgan fingerprint density at radius 2 is 1.62 bits per heavy atom. The molecule has 0 aliphatic carbocycles. The van der Waals surface area contributed by atoms with Gasteiger partial charge in [-0.05, 0) is 66.7 Å². The normalized spacial score (nSPS) is 11.8. The molecule has 0 radical (unpaired) electrons. The maximum absolute atomic E-state index is 13.1. The molecule has 0 saturated carbocycles. The van der Waals surface area contributed by atoms with E-state index in [4.69, 9.17) is 9.47 Å². The van der Waals surface area contributed by atoms with Gasteiger partial charge in [-0.1, -0.05) is 0 Å². The predicted octanol–water partition coefficient (Wildman–Crippen LogP) is 5.01. The van der Waals surface area contributed by atoms with Crippen LogP contribution in [0.4, 0.5) is 21.6 Å². The number of rotatable bonds is 5.